The first-order valence-electron chi connectivity index (χ1n) is 11.8. The molecule has 5 nitrogen and oxygen atoms in total. The average Bonchev–Trinajstić information content (AvgIpc) is 3.28. The topological polar surface area (TPSA) is 65.0 Å². The van der Waals surface area contributed by atoms with Crippen molar-refractivity contribution in [2.45, 2.75) is 78.4 Å². The van der Waals surface area contributed by atoms with E-state index < -0.39 is 5.79 Å². The lowest BCUT2D eigenvalue weighted by Gasteiger charge is -2.57. The largest absolute Gasteiger partial charge is 0.466 e. The summed E-state index contributed by atoms with van der Waals surface area (Å²) in [5.41, 5.74) is 0.0843. The summed E-state index contributed by atoms with van der Waals surface area (Å²) in [5, 5.41) is 10.6. The van der Waals surface area contributed by atoms with Crippen LogP contribution in [-0.4, -0.2) is 43.3 Å². The molecule has 1 N–H and O–H groups in total. The van der Waals surface area contributed by atoms with E-state index in [4.69, 9.17) is 14.2 Å². The Kier molecular flexibility index (Phi) is 5.80. The Morgan fingerprint density at radius 3 is 2.41 bits per heavy atom. The average molecular weight is 409 g/mol. The van der Waals surface area contributed by atoms with E-state index in [-0.39, 0.29) is 29.3 Å². The molecule has 7 atom stereocenters. The van der Waals surface area contributed by atoms with Gasteiger partial charge in [-0.05, 0) is 67.1 Å². The van der Waals surface area contributed by atoms with E-state index in [2.05, 4.69) is 20.8 Å². The van der Waals surface area contributed by atoms with Crippen molar-refractivity contribution in [3.8, 4) is 0 Å². The van der Waals surface area contributed by atoms with Gasteiger partial charge in [0.25, 0.3) is 0 Å². The number of aliphatic hydroxyl groups is 1. The highest BCUT2D eigenvalue weighted by molar-refractivity contribution is 5.65. The van der Waals surface area contributed by atoms with Gasteiger partial charge in [0.1, 0.15) is 0 Å². The Balaban J connectivity index is 1.60. The third kappa shape index (κ3) is 3.36. The van der Waals surface area contributed by atoms with Crippen LogP contribution >= 0.6 is 0 Å². The Morgan fingerprint density at radius 2 is 1.76 bits per heavy atom. The molecular formula is C24H40O5. The summed E-state index contributed by atoms with van der Waals surface area (Å²) in [6, 6.07) is 0. The van der Waals surface area contributed by atoms with E-state index in [9.17, 15) is 9.90 Å². The van der Waals surface area contributed by atoms with Gasteiger partial charge in [-0.1, -0.05) is 27.2 Å². The third-order valence-electron chi connectivity index (χ3n) is 9.58. The second kappa shape index (κ2) is 7.80. The summed E-state index contributed by atoms with van der Waals surface area (Å²) in [4.78, 5) is 11.5. The normalized spacial score (nSPS) is 46.6. The number of fused-ring (bicyclic) bond motifs is 2. The summed E-state index contributed by atoms with van der Waals surface area (Å²) in [7, 11) is 0. The van der Waals surface area contributed by atoms with Gasteiger partial charge in [0, 0.05) is 25.4 Å². The van der Waals surface area contributed by atoms with Gasteiger partial charge >= 0.3 is 5.97 Å². The molecule has 0 bridgehead atoms. The number of esters is 1. The molecule has 0 aromatic rings. The molecule has 4 fully saturated rings. The number of ether oxygens (including phenoxy) is 3. The highest BCUT2D eigenvalue weighted by Crippen LogP contribution is 2.66. The molecule has 4 rings (SSSR count). The van der Waals surface area contributed by atoms with Gasteiger partial charge in [0.05, 0.1) is 19.8 Å². The number of aliphatic hydroxyl groups excluding tert-OH is 1. The van der Waals surface area contributed by atoms with E-state index in [0.29, 0.717) is 43.5 Å². The standard InChI is InChI=1S/C24H40O5/c1-16-5-8-22(3,18(13-16)15-27-17(2)26)20-6-9-23(4)21(19(20)14-25)7-10-24(23)28-11-12-29-24/h16,18-21,25H,5-15H2,1-4H3/t16-,18+,19+,20-,21-,22-,23-/m0/s1. The fraction of sp³-hybridized carbons (Fsp3) is 0.958. The summed E-state index contributed by atoms with van der Waals surface area (Å²) in [5.74, 6) is 1.56. The van der Waals surface area contributed by atoms with Crippen molar-refractivity contribution in [2.75, 3.05) is 26.4 Å². The summed E-state index contributed by atoms with van der Waals surface area (Å²) < 4.78 is 17.9. The predicted octanol–water partition coefficient (Wildman–Crippen LogP) is 4.17. The Hall–Kier alpha value is -0.650. The molecule has 1 spiro atoms. The minimum Gasteiger partial charge on any atom is -0.466 e. The third-order valence-corrected chi connectivity index (χ3v) is 9.58. The molecule has 0 aromatic carbocycles. The van der Waals surface area contributed by atoms with Gasteiger partial charge in [-0.2, -0.15) is 0 Å². The maximum absolute atomic E-state index is 11.5. The fourth-order valence-corrected chi connectivity index (χ4v) is 7.85. The molecule has 0 aromatic heterocycles. The quantitative estimate of drug-likeness (QED) is 0.707. The number of carbonyl (C=O) groups is 1. The molecule has 4 aliphatic rings. The first kappa shape index (κ1) is 21.6. The molecule has 1 aliphatic heterocycles. The molecule has 29 heavy (non-hydrogen) atoms. The summed E-state index contributed by atoms with van der Waals surface area (Å²) >= 11 is 0. The minimum atomic E-state index is -0.435. The SMILES string of the molecule is CC(=O)OC[C@H]1C[C@@H](C)CC[C@]1(C)[C@H]1CC[C@@]2(C)[C@@H](CCC23OCCO3)[C@@H]1CO. The molecule has 0 amide bonds. The first-order chi connectivity index (χ1) is 13.8. The van der Waals surface area contributed by atoms with Crippen LogP contribution in [0.2, 0.25) is 0 Å². The van der Waals surface area contributed by atoms with Crippen LogP contribution in [0.4, 0.5) is 0 Å². The maximum Gasteiger partial charge on any atom is 0.302 e. The van der Waals surface area contributed by atoms with Gasteiger partial charge in [0.2, 0.25) is 0 Å². The zero-order chi connectivity index (χ0) is 20.9. The molecule has 3 aliphatic carbocycles. The van der Waals surface area contributed by atoms with E-state index in [0.717, 1.165) is 38.5 Å². The lowest BCUT2D eigenvalue weighted by molar-refractivity contribution is -0.245. The molecular weight excluding hydrogens is 368 g/mol. The first-order valence-corrected chi connectivity index (χ1v) is 11.8. The van der Waals surface area contributed by atoms with Crippen LogP contribution in [-0.2, 0) is 19.0 Å². The number of carbonyl (C=O) groups excluding carboxylic acids is 1. The monoisotopic (exact) mass is 408 g/mol. The molecule has 1 saturated heterocycles. The van der Waals surface area contributed by atoms with Gasteiger partial charge in [-0.25, -0.2) is 0 Å². The lowest BCUT2D eigenvalue weighted by atomic mass is 9.49. The van der Waals surface area contributed by atoms with Crippen molar-refractivity contribution in [2.24, 2.45) is 40.4 Å². The molecule has 0 radical (unpaired) electrons. The van der Waals surface area contributed by atoms with E-state index >= 15 is 0 Å². The fourth-order valence-electron chi connectivity index (χ4n) is 7.85. The minimum absolute atomic E-state index is 0.0168. The van der Waals surface area contributed by atoms with Gasteiger partial charge < -0.3 is 19.3 Å². The molecule has 3 saturated carbocycles. The summed E-state index contributed by atoms with van der Waals surface area (Å²) in [6.45, 7) is 10.7. The van der Waals surface area contributed by atoms with Crippen LogP contribution < -0.4 is 0 Å². The smallest absolute Gasteiger partial charge is 0.302 e. The van der Waals surface area contributed by atoms with Crippen molar-refractivity contribution < 1.29 is 24.1 Å². The van der Waals surface area contributed by atoms with Crippen LogP contribution in [0.5, 0.6) is 0 Å². The molecule has 166 valence electrons. The van der Waals surface area contributed by atoms with Crippen LogP contribution in [0.25, 0.3) is 0 Å². The van der Waals surface area contributed by atoms with Crippen molar-refractivity contribution in [3.05, 3.63) is 0 Å². The Morgan fingerprint density at radius 1 is 1.07 bits per heavy atom. The van der Waals surface area contributed by atoms with Gasteiger partial charge in [-0.3, -0.25) is 4.79 Å². The second-order valence-electron chi connectivity index (χ2n) is 10.9. The van der Waals surface area contributed by atoms with Crippen LogP contribution in [0, 0.1) is 40.4 Å². The van der Waals surface area contributed by atoms with E-state index in [1.807, 2.05) is 0 Å². The lowest BCUT2D eigenvalue weighted by Crippen LogP contribution is -2.56. The van der Waals surface area contributed by atoms with Gasteiger partial charge in [-0.15, -0.1) is 0 Å². The number of rotatable bonds is 4. The predicted molar refractivity (Wildman–Crippen MR) is 110 cm³/mol. The molecule has 1 heterocycles. The zero-order valence-electron chi connectivity index (χ0n) is 18.7. The Labute approximate surface area is 175 Å². The van der Waals surface area contributed by atoms with E-state index in [1.54, 1.807) is 0 Å². The van der Waals surface area contributed by atoms with Crippen LogP contribution in [0.1, 0.15) is 72.6 Å². The number of hydrogen-bond donors (Lipinski definition) is 1. The van der Waals surface area contributed by atoms with Crippen molar-refractivity contribution >= 4 is 5.97 Å². The van der Waals surface area contributed by atoms with Crippen LogP contribution in [0.15, 0.2) is 0 Å². The van der Waals surface area contributed by atoms with Crippen molar-refractivity contribution in [1.29, 1.82) is 0 Å². The van der Waals surface area contributed by atoms with Gasteiger partial charge in [0.15, 0.2) is 5.79 Å². The summed E-state index contributed by atoms with van der Waals surface area (Å²) in [6.07, 6.45) is 7.68. The molecule has 0 unspecified atom stereocenters. The van der Waals surface area contributed by atoms with Crippen molar-refractivity contribution in [3.63, 3.8) is 0 Å². The van der Waals surface area contributed by atoms with E-state index in [1.165, 1.54) is 13.3 Å². The highest BCUT2D eigenvalue weighted by Gasteiger charge is 2.66. The molecule has 5 heteroatoms. The highest BCUT2D eigenvalue weighted by atomic mass is 16.7. The number of hydrogen-bond acceptors (Lipinski definition) is 5. The van der Waals surface area contributed by atoms with Crippen molar-refractivity contribution in [1.82, 2.24) is 0 Å². The zero-order valence-corrected chi connectivity index (χ0v) is 18.7. The Bertz CT molecular complexity index is 614. The maximum atomic E-state index is 11.5. The van der Waals surface area contributed by atoms with Crippen LogP contribution in [0.3, 0.4) is 0 Å². The second-order valence-corrected chi connectivity index (χ2v) is 10.9.